The zero-order chi connectivity index (χ0) is 11.0. The van der Waals surface area contributed by atoms with Gasteiger partial charge in [-0.25, -0.2) is 0 Å². The summed E-state index contributed by atoms with van der Waals surface area (Å²) in [5.41, 5.74) is 0. The molecule has 0 bridgehead atoms. The summed E-state index contributed by atoms with van der Waals surface area (Å²) in [5.74, 6) is -0.296. The van der Waals surface area contributed by atoms with Crippen LogP contribution in [0.3, 0.4) is 0 Å². The molecule has 4 heteroatoms. The number of hydrogen-bond donors (Lipinski definition) is 1. The Morgan fingerprint density at radius 1 is 1.00 bits per heavy atom. The Labute approximate surface area is 85.7 Å². The lowest BCUT2D eigenvalue weighted by atomic mass is 10.4. The average molecular weight is 200 g/mol. The minimum atomic E-state index is -0.148. The van der Waals surface area contributed by atoms with Crippen molar-refractivity contribution in [1.29, 1.82) is 0 Å². The van der Waals surface area contributed by atoms with Crippen LogP contribution in [0.15, 0.2) is 0 Å². The number of imide groups is 1. The van der Waals surface area contributed by atoms with Crippen molar-refractivity contribution < 1.29 is 9.59 Å². The second-order valence-corrected chi connectivity index (χ2v) is 3.09. The molecule has 0 aliphatic carbocycles. The van der Waals surface area contributed by atoms with Crippen LogP contribution >= 0.6 is 0 Å². The van der Waals surface area contributed by atoms with Crippen LogP contribution in [-0.2, 0) is 9.59 Å². The Hall–Kier alpha value is -0.900. The van der Waals surface area contributed by atoms with Crippen molar-refractivity contribution in [3.63, 3.8) is 0 Å². The Morgan fingerprint density at radius 2 is 1.36 bits per heavy atom. The second-order valence-electron chi connectivity index (χ2n) is 3.09. The molecular formula is C10H20N2O2. The number of carbonyl (C=O) groups is 2. The van der Waals surface area contributed by atoms with Crippen molar-refractivity contribution in [2.24, 2.45) is 0 Å². The zero-order valence-electron chi connectivity index (χ0n) is 9.30. The molecule has 0 atom stereocenters. The molecule has 0 aromatic carbocycles. The molecule has 1 N–H and O–H groups in total. The van der Waals surface area contributed by atoms with Gasteiger partial charge in [-0.15, -0.1) is 0 Å². The van der Waals surface area contributed by atoms with Crippen LogP contribution < -0.4 is 5.32 Å². The molecule has 2 amide bonds. The van der Waals surface area contributed by atoms with Gasteiger partial charge in [-0.3, -0.25) is 14.9 Å². The molecule has 1 rings (SSSR count). The number of rotatable bonds is 3. The fourth-order valence-corrected chi connectivity index (χ4v) is 1.18. The lowest BCUT2D eigenvalue weighted by molar-refractivity contribution is -0.124. The first-order valence-corrected chi connectivity index (χ1v) is 5.19. The van der Waals surface area contributed by atoms with Crippen molar-refractivity contribution in [3.05, 3.63) is 0 Å². The molecule has 0 aromatic heterocycles. The topological polar surface area (TPSA) is 49.4 Å². The van der Waals surface area contributed by atoms with Gasteiger partial charge in [-0.2, -0.15) is 0 Å². The van der Waals surface area contributed by atoms with Gasteiger partial charge in [0.05, 0.1) is 0 Å². The second kappa shape index (κ2) is 7.50. The summed E-state index contributed by atoms with van der Waals surface area (Å²) < 4.78 is 0. The molecule has 4 nitrogen and oxygen atoms in total. The highest BCUT2D eigenvalue weighted by Gasteiger charge is 2.15. The van der Waals surface area contributed by atoms with Gasteiger partial charge in [-0.1, -0.05) is 20.8 Å². The number of carbonyl (C=O) groups excluding carboxylic acids is 2. The van der Waals surface area contributed by atoms with E-state index in [1.54, 1.807) is 0 Å². The first kappa shape index (κ1) is 13.1. The highest BCUT2D eigenvalue weighted by molar-refractivity contribution is 6.01. The maximum atomic E-state index is 10.1. The monoisotopic (exact) mass is 200 g/mol. The van der Waals surface area contributed by atoms with Crippen molar-refractivity contribution >= 4 is 11.8 Å². The molecule has 0 saturated carbocycles. The van der Waals surface area contributed by atoms with Gasteiger partial charge in [0.1, 0.15) is 0 Å². The Kier molecular flexibility index (Phi) is 7.02. The third-order valence-corrected chi connectivity index (χ3v) is 2.20. The zero-order valence-corrected chi connectivity index (χ0v) is 9.30. The molecule has 0 aromatic rings. The van der Waals surface area contributed by atoms with E-state index in [2.05, 4.69) is 31.0 Å². The minimum absolute atomic E-state index is 0.148. The molecule has 0 unspecified atom stereocenters. The van der Waals surface area contributed by atoms with Crippen LogP contribution in [0, 0.1) is 0 Å². The van der Waals surface area contributed by atoms with Crippen LogP contribution in [0.1, 0.15) is 33.6 Å². The highest BCUT2D eigenvalue weighted by atomic mass is 16.2. The van der Waals surface area contributed by atoms with E-state index in [1.807, 2.05) is 0 Å². The maximum absolute atomic E-state index is 10.1. The number of hydrogen-bond acceptors (Lipinski definition) is 3. The smallest absolute Gasteiger partial charge is 0.227 e. The summed E-state index contributed by atoms with van der Waals surface area (Å²) in [7, 11) is 0. The van der Waals surface area contributed by atoms with Crippen LogP contribution in [-0.4, -0.2) is 36.3 Å². The summed E-state index contributed by atoms with van der Waals surface area (Å²) in [6.45, 7) is 10.1. The molecular weight excluding hydrogens is 180 g/mol. The first-order valence-electron chi connectivity index (χ1n) is 5.19. The summed E-state index contributed by atoms with van der Waals surface area (Å²) in [5, 5.41) is 2.14. The number of nitrogens with one attached hydrogen (secondary N) is 1. The average Bonchev–Trinajstić information content (AvgIpc) is 2.54. The van der Waals surface area contributed by atoms with Crippen molar-refractivity contribution in [3.8, 4) is 0 Å². The van der Waals surface area contributed by atoms with Gasteiger partial charge in [0.25, 0.3) is 0 Å². The predicted octanol–water partition coefficient (Wildman–Crippen LogP) is 0.771. The van der Waals surface area contributed by atoms with E-state index in [1.165, 1.54) is 19.6 Å². The molecule has 14 heavy (non-hydrogen) atoms. The Morgan fingerprint density at radius 3 is 1.43 bits per heavy atom. The normalized spacial score (nSPS) is 15.1. The third-order valence-electron chi connectivity index (χ3n) is 2.20. The summed E-state index contributed by atoms with van der Waals surface area (Å²) in [6, 6.07) is 0. The van der Waals surface area contributed by atoms with E-state index in [4.69, 9.17) is 0 Å². The summed E-state index contributed by atoms with van der Waals surface area (Å²) in [4.78, 5) is 22.6. The quantitative estimate of drug-likeness (QED) is 0.685. The SMILES string of the molecule is CCN(CC)CC.O=C1CCC(=O)N1. The predicted molar refractivity (Wildman–Crippen MR) is 55.8 cm³/mol. The fourth-order valence-electron chi connectivity index (χ4n) is 1.18. The van der Waals surface area contributed by atoms with Gasteiger partial charge < -0.3 is 4.90 Å². The molecule has 1 saturated heterocycles. The molecule has 1 heterocycles. The van der Waals surface area contributed by atoms with E-state index >= 15 is 0 Å². The standard InChI is InChI=1S/C6H15N.C4H5NO2/c1-4-7(5-2)6-3;6-3-1-2-4(7)5-3/h4-6H2,1-3H3;1-2H2,(H,5,6,7). The number of amides is 2. The minimum Gasteiger partial charge on any atom is -0.304 e. The van der Waals surface area contributed by atoms with Gasteiger partial charge in [-0.05, 0) is 19.6 Å². The summed E-state index contributed by atoms with van der Waals surface area (Å²) in [6.07, 6.45) is 0.748. The van der Waals surface area contributed by atoms with Gasteiger partial charge in [0.2, 0.25) is 11.8 Å². The lowest BCUT2D eigenvalue weighted by Crippen LogP contribution is -2.21. The number of nitrogens with zero attached hydrogens (tertiary/aromatic N) is 1. The van der Waals surface area contributed by atoms with E-state index in [-0.39, 0.29) is 11.8 Å². The highest BCUT2D eigenvalue weighted by Crippen LogP contribution is 1.95. The van der Waals surface area contributed by atoms with Crippen LogP contribution in [0.4, 0.5) is 0 Å². The van der Waals surface area contributed by atoms with E-state index in [0.717, 1.165) is 0 Å². The fraction of sp³-hybridized carbons (Fsp3) is 0.800. The lowest BCUT2D eigenvalue weighted by Gasteiger charge is -2.13. The van der Waals surface area contributed by atoms with Crippen LogP contribution in [0.25, 0.3) is 0 Å². The van der Waals surface area contributed by atoms with E-state index in [9.17, 15) is 9.59 Å². The van der Waals surface area contributed by atoms with E-state index in [0.29, 0.717) is 12.8 Å². The van der Waals surface area contributed by atoms with Gasteiger partial charge in [0.15, 0.2) is 0 Å². The van der Waals surface area contributed by atoms with Crippen LogP contribution in [0.5, 0.6) is 0 Å². The van der Waals surface area contributed by atoms with Crippen molar-refractivity contribution in [1.82, 2.24) is 10.2 Å². The largest absolute Gasteiger partial charge is 0.304 e. The maximum Gasteiger partial charge on any atom is 0.227 e. The van der Waals surface area contributed by atoms with Crippen LogP contribution in [0.2, 0.25) is 0 Å². The van der Waals surface area contributed by atoms with Crippen molar-refractivity contribution in [2.75, 3.05) is 19.6 Å². The Balaban J connectivity index is 0.000000241. The summed E-state index contributed by atoms with van der Waals surface area (Å²) >= 11 is 0. The molecule has 1 aliphatic heterocycles. The molecule has 0 spiro atoms. The van der Waals surface area contributed by atoms with E-state index < -0.39 is 0 Å². The van der Waals surface area contributed by atoms with Crippen molar-refractivity contribution in [2.45, 2.75) is 33.6 Å². The molecule has 1 aliphatic rings. The molecule has 1 fully saturated rings. The van der Waals surface area contributed by atoms with Gasteiger partial charge in [0, 0.05) is 12.8 Å². The molecule has 82 valence electrons. The third kappa shape index (κ3) is 5.70. The molecule has 0 radical (unpaired) electrons. The van der Waals surface area contributed by atoms with Gasteiger partial charge >= 0.3 is 0 Å². The first-order chi connectivity index (χ1) is 6.63. The Bertz CT molecular complexity index is 169.